The number of pyridine rings is 1. The lowest BCUT2D eigenvalue weighted by molar-refractivity contribution is 1.23. The molecule has 1 N–H and O–H groups in total. The number of hydrogen-bond acceptors (Lipinski definition) is 4. The van der Waals surface area contributed by atoms with Gasteiger partial charge < -0.3 is 4.98 Å². The standard InChI is InChI=1S/C12H7N5/c1-2-7-8-4-13-5-15-10(8)12-11(16-6-17-12)9(7)14-3-1/h1-6,14H. The number of aromatic amines is 1. The maximum Gasteiger partial charge on any atom is 0.119 e. The highest BCUT2D eigenvalue weighted by atomic mass is 14.9. The van der Waals surface area contributed by atoms with Crippen molar-refractivity contribution in [1.29, 1.82) is 0 Å². The third kappa shape index (κ3) is 1.02. The summed E-state index contributed by atoms with van der Waals surface area (Å²) in [6, 6.07) is 3.99. The van der Waals surface area contributed by atoms with Crippen molar-refractivity contribution in [2.75, 3.05) is 0 Å². The van der Waals surface area contributed by atoms with Crippen molar-refractivity contribution in [3.05, 3.63) is 37.2 Å². The normalized spacial score (nSPS) is 11.5. The fraction of sp³-hybridized carbons (Fsp3) is 0. The van der Waals surface area contributed by atoms with Crippen molar-refractivity contribution in [2.45, 2.75) is 0 Å². The smallest absolute Gasteiger partial charge is 0.119 e. The lowest BCUT2D eigenvalue weighted by Crippen LogP contribution is -1.88. The van der Waals surface area contributed by atoms with Crippen LogP contribution < -0.4 is 0 Å². The molecule has 5 heteroatoms. The molecular weight excluding hydrogens is 214 g/mol. The highest BCUT2D eigenvalue weighted by molar-refractivity contribution is 6.20. The Labute approximate surface area is 95.6 Å². The van der Waals surface area contributed by atoms with Crippen LogP contribution in [0.5, 0.6) is 0 Å². The van der Waals surface area contributed by atoms with Gasteiger partial charge in [0.15, 0.2) is 0 Å². The van der Waals surface area contributed by atoms with Crippen molar-refractivity contribution in [3.63, 3.8) is 0 Å². The molecule has 0 amide bonds. The zero-order valence-corrected chi connectivity index (χ0v) is 8.75. The molecule has 0 aliphatic carbocycles. The number of benzene rings is 1. The quantitative estimate of drug-likeness (QED) is 0.461. The number of aromatic nitrogens is 5. The minimum atomic E-state index is 0.817. The van der Waals surface area contributed by atoms with E-state index in [1.807, 2.05) is 24.5 Å². The fourth-order valence-electron chi connectivity index (χ4n) is 2.20. The van der Waals surface area contributed by atoms with Gasteiger partial charge in [-0.3, -0.25) is 0 Å². The molecule has 0 fully saturated rings. The molecule has 5 nitrogen and oxygen atoms in total. The van der Waals surface area contributed by atoms with Crippen molar-refractivity contribution < 1.29 is 0 Å². The monoisotopic (exact) mass is 221 g/mol. The van der Waals surface area contributed by atoms with Crippen LogP contribution in [0.4, 0.5) is 0 Å². The number of imidazole rings is 1. The number of nitrogens with zero attached hydrogens (tertiary/aromatic N) is 4. The number of fused-ring (bicyclic) bond motifs is 6. The van der Waals surface area contributed by atoms with Gasteiger partial charge in [-0.15, -0.1) is 0 Å². The molecule has 0 spiro atoms. The molecule has 3 aromatic heterocycles. The Morgan fingerprint density at radius 1 is 0.882 bits per heavy atom. The van der Waals surface area contributed by atoms with E-state index in [1.54, 1.807) is 6.33 Å². The molecule has 4 aromatic rings. The average molecular weight is 221 g/mol. The van der Waals surface area contributed by atoms with Crippen molar-refractivity contribution >= 4 is 32.8 Å². The van der Waals surface area contributed by atoms with Crippen molar-refractivity contribution in [2.24, 2.45) is 0 Å². The Bertz CT molecular complexity index is 779. The molecule has 4 rings (SSSR count). The van der Waals surface area contributed by atoms with E-state index in [9.17, 15) is 0 Å². The molecule has 3 heterocycles. The number of H-pyrrole nitrogens is 1. The first-order valence-electron chi connectivity index (χ1n) is 5.24. The predicted octanol–water partition coefficient (Wildman–Crippen LogP) is 2.05. The lowest BCUT2D eigenvalue weighted by atomic mass is 10.1. The minimum absolute atomic E-state index is 0.817. The number of hydrogen-bond donors (Lipinski definition) is 1. The van der Waals surface area contributed by atoms with Crippen LogP contribution in [0.2, 0.25) is 0 Å². The Morgan fingerprint density at radius 2 is 1.76 bits per heavy atom. The minimum Gasteiger partial charge on any atom is -0.359 e. The summed E-state index contributed by atoms with van der Waals surface area (Å²) in [6.07, 6.45) is 6.79. The van der Waals surface area contributed by atoms with Crippen LogP contribution in [0.3, 0.4) is 0 Å². The molecule has 80 valence electrons. The van der Waals surface area contributed by atoms with E-state index in [0.717, 1.165) is 32.8 Å². The number of nitrogens with one attached hydrogen (secondary N) is 1. The van der Waals surface area contributed by atoms with Gasteiger partial charge in [-0.05, 0) is 6.07 Å². The van der Waals surface area contributed by atoms with Gasteiger partial charge in [0, 0.05) is 23.2 Å². The summed E-state index contributed by atoms with van der Waals surface area (Å²) in [5, 5.41) is 2.06. The SMILES string of the molecule is c1c[nH]c2c(c1)c1cncnc1c1ncnc12. The van der Waals surface area contributed by atoms with Crippen LogP contribution in [0.1, 0.15) is 0 Å². The average Bonchev–Trinajstić information content (AvgIpc) is 2.89. The summed E-state index contributed by atoms with van der Waals surface area (Å²) in [6.45, 7) is 0. The Kier molecular flexibility index (Phi) is 1.50. The molecule has 0 saturated heterocycles. The van der Waals surface area contributed by atoms with Gasteiger partial charge in [-0.25, -0.2) is 19.9 Å². The highest BCUT2D eigenvalue weighted by Crippen LogP contribution is 2.29. The molecule has 0 aliphatic rings. The van der Waals surface area contributed by atoms with E-state index in [2.05, 4.69) is 24.9 Å². The topological polar surface area (TPSA) is 67.3 Å². The van der Waals surface area contributed by atoms with Gasteiger partial charge in [0.05, 0.1) is 5.52 Å². The molecule has 0 bridgehead atoms. The second-order valence-electron chi connectivity index (χ2n) is 3.81. The Balaban J connectivity index is 2.48. The van der Waals surface area contributed by atoms with Gasteiger partial charge in [0.1, 0.15) is 29.2 Å². The zero-order valence-electron chi connectivity index (χ0n) is 8.75. The van der Waals surface area contributed by atoms with Crippen LogP contribution >= 0.6 is 0 Å². The van der Waals surface area contributed by atoms with Crippen LogP contribution in [0, 0.1) is 0 Å². The highest BCUT2D eigenvalue weighted by Gasteiger charge is 2.11. The van der Waals surface area contributed by atoms with E-state index >= 15 is 0 Å². The largest absolute Gasteiger partial charge is 0.359 e. The summed E-state index contributed by atoms with van der Waals surface area (Å²) in [4.78, 5) is 20.2. The van der Waals surface area contributed by atoms with E-state index in [1.165, 1.54) is 6.33 Å². The van der Waals surface area contributed by atoms with Crippen molar-refractivity contribution in [1.82, 2.24) is 24.9 Å². The molecule has 0 radical (unpaired) electrons. The fourth-order valence-corrected chi connectivity index (χ4v) is 2.20. The Morgan fingerprint density at radius 3 is 2.76 bits per heavy atom. The lowest BCUT2D eigenvalue weighted by Gasteiger charge is -2.03. The van der Waals surface area contributed by atoms with E-state index in [-0.39, 0.29) is 0 Å². The molecule has 0 unspecified atom stereocenters. The van der Waals surface area contributed by atoms with E-state index < -0.39 is 0 Å². The Hall–Kier alpha value is -2.56. The summed E-state index contributed by atoms with van der Waals surface area (Å²) in [5.74, 6) is 0. The predicted molar refractivity (Wildman–Crippen MR) is 64.5 cm³/mol. The number of rotatable bonds is 0. The first-order chi connectivity index (χ1) is 8.45. The van der Waals surface area contributed by atoms with Crippen LogP contribution in [-0.2, 0) is 0 Å². The van der Waals surface area contributed by atoms with Gasteiger partial charge in [-0.2, -0.15) is 0 Å². The molecule has 17 heavy (non-hydrogen) atoms. The third-order valence-electron chi connectivity index (χ3n) is 2.92. The first kappa shape index (κ1) is 8.58. The first-order valence-corrected chi connectivity index (χ1v) is 5.24. The van der Waals surface area contributed by atoms with E-state index in [4.69, 9.17) is 0 Å². The van der Waals surface area contributed by atoms with Gasteiger partial charge in [0.25, 0.3) is 0 Å². The van der Waals surface area contributed by atoms with E-state index in [0.29, 0.717) is 0 Å². The van der Waals surface area contributed by atoms with Gasteiger partial charge >= 0.3 is 0 Å². The second-order valence-corrected chi connectivity index (χ2v) is 3.81. The zero-order chi connectivity index (χ0) is 11.2. The maximum absolute atomic E-state index is 4.30. The molecule has 0 saturated carbocycles. The summed E-state index contributed by atoms with van der Waals surface area (Å²) in [7, 11) is 0. The van der Waals surface area contributed by atoms with Crippen molar-refractivity contribution in [3.8, 4) is 0 Å². The summed E-state index contributed by atoms with van der Waals surface area (Å²) >= 11 is 0. The molecule has 0 aliphatic heterocycles. The molecule has 1 aromatic carbocycles. The molecule has 0 atom stereocenters. The summed E-state index contributed by atoms with van der Waals surface area (Å²) in [5.41, 5.74) is 3.49. The summed E-state index contributed by atoms with van der Waals surface area (Å²) < 4.78 is 0. The van der Waals surface area contributed by atoms with Gasteiger partial charge in [0.2, 0.25) is 0 Å². The second kappa shape index (κ2) is 2.98. The maximum atomic E-state index is 4.30. The van der Waals surface area contributed by atoms with Crippen LogP contribution in [0.25, 0.3) is 32.8 Å². The third-order valence-corrected chi connectivity index (χ3v) is 2.92. The molecular formula is C12H7N5. The van der Waals surface area contributed by atoms with Crippen LogP contribution in [-0.4, -0.2) is 24.9 Å². The van der Waals surface area contributed by atoms with Gasteiger partial charge in [-0.1, -0.05) is 6.07 Å². The van der Waals surface area contributed by atoms with Crippen LogP contribution in [0.15, 0.2) is 37.2 Å².